The van der Waals surface area contributed by atoms with E-state index < -0.39 is 5.97 Å². The standard InChI is InChI=1S/C18H16N4O3S/c1-3-25-18(24)15-10(2)14-16(23)20-13(21-17(14)26-15)8-11-9-19-22-7-5-4-6-12(11)22/h4-7,9H,3,8H2,1-2H3,(H,20,21,23). The molecule has 8 heteroatoms. The van der Waals surface area contributed by atoms with Crippen molar-refractivity contribution < 1.29 is 9.53 Å². The zero-order valence-electron chi connectivity index (χ0n) is 14.3. The van der Waals surface area contributed by atoms with Crippen LogP contribution in [0.5, 0.6) is 0 Å². The van der Waals surface area contributed by atoms with Gasteiger partial charge in [-0.25, -0.2) is 14.3 Å². The summed E-state index contributed by atoms with van der Waals surface area (Å²) in [6.07, 6.45) is 4.08. The van der Waals surface area contributed by atoms with Crippen LogP contribution in [0.15, 0.2) is 35.4 Å². The summed E-state index contributed by atoms with van der Waals surface area (Å²) < 4.78 is 6.84. The molecule has 0 atom stereocenters. The molecule has 26 heavy (non-hydrogen) atoms. The summed E-state index contributed by atoms with van der Waals surface area (Å²) in [4.78, 5) is 33.0. The Balaban J connectivity index is 1.77. The third-order valence-electron chi connectivity index (χ3n) is 4.17. The van der Waals surface area contributed by atoms with Crippen LogP contribution in [0.2, 0.25) is 0 Å². The first-order chi connectivity index (χ1) is 12.6. The zero-order valence-corrected chi connectivity index (χ0v) is 15.1. The lowest BCUT2D eigenvalue weighted by Gasteiger charge is -2.00. The van der Waals surface area contributed by atoms with Crippen molar-refractivity contribution >= 4 is 33.0 Å². The van der Waals surface area contributed by atoms with Crippen LogP contribution >= 0.6 is 11.3 Å². The van der Waals surface area contributed by atoms with E-state index in [1.165, 1.54) is 11.3 Å². The monoisotopic (exact) mass is 368 g/mol. The van der Waals surface area contributed by atoms with Crippen LogP contribution in [0.25, 0.3) is 15.7 Å². The van der Waals surface area contributed by atoms with Crippen LogP contribution < -0.4 is 5.56 Å². The highest BCUT2D eigenvalue weighted by atomic mass is 32.1. The lowest BCUT2D eigenvalue weighted by molar-refractivity contribution is 0.0531. The van der Waals surface area contributed by atoms with E-state index in [2.05, 4.69) is 15.1 Å². The second-order valence-corrected chi connectivity index (χ2v) is 6.85. The molecule has 0 amide bonds. The molecule has 0 aliphatic rings. The Kier molecular flexibility index (Phi) is 4.04. The number of nitrogens with one attached hydrogen (secondary N) is 1. The Hall–Kier alpha value is -3.00. The highest BCUT2D eigenvalue weighted by Crippen LogP contribution is 2.28. The molecule has 0 bridgehead atoms. The van der Waals surface area contributed by atoms with Gasteiger partial charge in [-0.3, -0.25) is 4.79 Å². The van der Waals surface area contributed by atoms with Crippen molar-refractivity contribution in [1.29, 1.82) is 0 Å². The summed E-state index contributed by atoms with van der Waals surface area (Å²) >= 11 is 1.19. The maximum atomic E-state index is 12.5. The van der Waals surface area contributed by atoms with Gasteiger partial charge in [0.15, 0.2) is 0 Å². The number of aromatic amines is 1. The summed E-state index contributed by atoms with van der Waals surface area (Å²) in [5.41, 5.74) is 2.29. The maximum Gasteiger partial charge on any atom is 0.348 e. The van der Waals surface area contributed by atoms with Crippen molar-refractivity contribution in [2.75, 3.05) is 6.61 Å². The molecule has 4 rings (SSSR count). The van der Waals surface area contributed by atoms with E-state index in [0.717, 1.165) is 11.1 Å². The van der Waals surface area contributed by atoms with E-state index in [9.17, 15) is 9.59 Å². The zero-order chi connectivity index (χ0) is 18.3. The number of rotatable bonds is 4. The Bertz CT molecular complexity index is 1190. The number of thiophene rings is 1. The van der Waals surface area contributed by atoms with Crippen LogP contribution in [0, 0.1) is 6.92 Å². The van der Waals surface area contributed by atoms with Gasteiger partial charge in [0.25, 0.3) is 5.56 Å². The summed E-state index contributed by atoms with van der Waals surface area (Å²) in [5.74, 6) is 0.120. The van der Waals surface area contributed by atoms with Crippen molar-refractivity contribution in [1.82, 2.24) is 19.6 Å². The fourth-order valence-electron chi connectivity index (χ4n) is 2.97. The number of aryl methyl sites for hydroxylation is 1. The summed E-state index contributed by atoms with van der Waals surface area (Å²) in [6.45, 7) is 3.78. The first-order valence-corrected chi connectivity index (χ1v) is 9.00. The van der Waals surface area contributed by atoms with Crippen LogP contribution in [-0.2, 0) is 11.2 Å². The minimum absolute atomic E-state index is 0.245. The quantitative estimate of drug-likeness (QED) is 0.560. The van der Waals surface area contributed by atoms with Crippen LogP contribution in [-0.4, -0.2) is 32.2 Å². The first kappa shape index (κ1) is 16.5. The third kappa shape index (κ3) is 2.68. The Labute approximate surface area is 152 Å². The van der Waals surface area contributed by atoms with Crippen LogP contribution in [0.4, 0.5) is 0 Å². The number of H-pyrrole nitrogens is 1. The lowest BCUT2D eigenvalue weighted by atomic mass is 10.2. The second kappa shape index (κ2) is 6.38. The molecule has 0 aliphatic carbocycles. The van der Waals surface area contributed by atoms with Crippen molar-refractivity contribution in [3.05, 3.63) is 62.8 Å². The Morgan fingerprint density at radius 2 is 2.23 bits per heavy atom. The first-order valence-electron chi connectivity index (χ1n) is 8.19. The van der Waals surface area contributed by atoms with Crippen LogP contribution in [0.1, 0.15) is 33.5 Å². The number of pyridine rings is 1. The molecule has 0 radical (unpaired) electrons. The summed E-state index contributed by atoms with van der Waals surface area (Å²) in [6, 6.07) is 5.81. The molecule has 0 aliphatic heterocycles. The van der Waals surface area contributed by atoms with Gasteiger partial charge in [0.1, 0.15) is 15.5 Å². The van der Waals surface area contributed by atoms with Crippen molar-refractivity contribution in [2.24, 2.45) is 0 Å². The molecule has 1 N–H and O–H groups in total. The number of ether oxygens (including phenoxy) is 1. The van der Waals surface area contributed by atoms with E-state index >= 15 is 0 Å². The number of esters is 1. The van der Waals surface area contributed by atoms with Crippen molar-refractivity contribution in [2.45, 2.75) is 20.3 Å². The predicted molar refractivity (Wildman–Crippen MR) is 98.9 cm³/mol. The smallest absolute Gasteiger partial charge is 0.348 e. The van der Waals surface area contributed by atoms with Gasteiger partial charge in [-0.05, 0) is 31.5 Å². The number of carbonyl (C=O) groups is 1. The molecule has 0 spiro atoms. The van der Waals surface area contributed by atoms with Gasteiger partial charge in [0.05, 0.1) is 23.7 Å². The number of carbonyl (C=O) groups excluding carboxylic acids is 1. The molecule has 4 aromatic heterocycles. The third-order valence-corrected chi connectivity index (χ3v) is 5.34. The number of aromatic nitrogens is 4. The number of hydrogen-bond donors (Lipinski definition) is 1. The Morgan fingerprint density at radius 1 is 1.38 bits per heavy atom. The topological polar surface area (TPSA) is 89.3 Å². The van der Waals surface area contributed by atoms with E-state index in [0.29, 0.717) is 32.9 Å². The lowest BCUT2D eigenvalue weighted by Crippen LogP contribution is -2.12. The second-order valence-electron chi connectivity index (χ2n) is 5.85. The molecular weight excluding hydrogens is 352 g/mol. The van der Waals surface area contributed by atoms with Crippen molar-refractivity contribution in [3.8, 4) is 0 Å². The van der Waals surface area contributed by atoms with Gasteiger partial charge in [-0.2, -0.15) is 5.10 Å². The van der Waals surface area contributed by atoms with E-state index in [1.54, 1.807) is 24.6 Å². The molecule has 4 heterocycles. The summed E-state index contributed by atoms with van der Waals surface area (Å²) in [5, 5.41) is 4.75. The molecule has 0 fully saturated rings. The number of nitrogens with zero attached hydrogens (tertiary/aromatic N) is 3. The van der Waals surface area contributed by atoms with Gasteiger partial charge in [-0.1, -0.05) is 6.07 Å². The van der Waals surface area contributed by atoms with Gasteiger partial charge in [0, 0.05) is 18.2 Å². The molecule has 4 aromatic rings. The molecule has 7 nitrogen and oxygen atoms in total. The fourth-order valence-corrected chi connectivity index (χ4v) is 4.06. The molecule has 132 valence electrons. The fraction of sp³-hybridized carbons (Fsp3) is 0.222. The normalized spacial score (nSPS) is 11.3. The number of hydrogen-bond acceptors (Lipinski definition) is 6. The predicted octanol–water partition coefficient (Wildman–Crippen LogP) is 2.71. The highest BCUT2D eigenvalue weighted by Gasteiger charge is 2.20. The molecule has 0 aromatic carbocycles. The van der Waals surface area contributed by atoms with Gasteiger partial charge < -0.3 is 9.72 Å². The Morgan fingerprint density at radius 3 is 3.04 bits per heavy atom. The average Bonchev–Trinajstić information content (AvgIpc) is 3.17. The molecule has 0 saturated carbocycles. The number of fused-ring (bicyclic) bond motifs is 2. The molecular formula is C18H16N4O3S. The SMILES string of the molecule is CCOC(=O)c1sc2nc(Cc3cnn4ccccc34)[nH]c(=O)c2c1C. The van der Waals surface area contributed by atoms with Gasteiger partial charge >= 0.3 is 5.97 Å². The minimum atomic E-state index is -0.420. The van der Waals surface area contributed by atoms with E-state index in [1.807, 2.05) is 24.4 Å². The average molecular weight is 368 g/mol. The largest absolute Gasteiger partial charge is 0.462 e. The highest BCUT2D eigenvalue weighted by molar-refractivity contribution is 7.20. The summed E-state index contributed by atoms with van der Waals surface area (Å²) in [7, 11) is 0. The minimum Gasteiger partial charge on any atom is -0.462 e. The van der Waals surface area contributed by atoms with E-state index in [-0.39, 0.29) is 12.2 Å². The molecule has 0 saturated heterocycles. The van der Waals surface area contributed by atoms with E-state index in [4.69, 9.17) is 4.74 Å². The van der Waals surface area contributed by atoms with Crippen molar-refractivity contribution in [3.63, 3.8) is 0 Å². The van der Waals surface area contributed by atoms with Gasteiger partial charge in [0.2, 0.25) is 0 Å². The molecule has 0 unspecified atom stereocenters. The van der Waals surface area contributed by atoms with Gasteiger partial charge in [-0.15, -0.1) is 11.3 Å². The maximum absolute atomic E-state index is 12.5. The van der Waals surface area contributed by atoms with Crippen LogP contribution in [0.3, 0.4) is 0 Å².